The van der Waals surface area contributed by atoms with Crippen molar-refractivity contribution in [3.63, 3.8) is 0 Å². The average Bonchev–Trinajstić information content (AvgIpc) is 3.26. The number of methoxy groups -OCH3 is 1. The molecule has 4 rings (SSSR count). The van der Waals surface area contributed by atoms with Crippen LogP contribution in [0.3, 0.4) is 0 Å². The Morgan fingerprint density at radius 2 is 2.09 bits per heavy atom. The van der Waals surface area contributed by atoms with E-state index in [1.807, 2.05) is 29.8 Å². The van der Waals surface area contributed by atoms with E-state index < -0.39 is 0 Å². The van der Waals surface area contributed by atoms with Crippen molar-refractivity contribution in [2.75, 3.05) is 51.8 Å². The second kappa shape index (κ2) is 10.8. The van der Waals surface area contributed by atoms with Gasteiger partial charge in [0.15, 0.2) is 5.65 Å². The van der Waals surface area contributed by atoms with E-state index in [1.54, 1.807) is 19.5 Å². The van der Waals surface area contributed by atoms with Crippen LogP contribution in [0.4, 0.5) is 5.69 Å². The molecule has 3 heterocycles. The number of halogens is 1. The summed E-state index contributed by atoms with van der Waals surface area (Å²) < 4.78 is 12.4. The molecule has 0 bridgehead atoms. The molecule has 0 spiro atoms. The molecule has 33 heavy (non-hydrogen) atoms. The minimum absolute atomic E-state index is 0.169. The number of nitrogens with one attached hydrogen (secondary N) is 2. The van der Waals surface area contributed by atoms with Gasteiger partial charge in [-0.25, -0.2) is 9.67 Å². The van der Waals surface area contributed by atoms with Crippen LogP contribution >= 0.6 is 11.6 Å². The van der Waals surface area contributed by atoms with Crippen molar-refractivity contribution in [1.29, 1.82) is 0 Å². The summed E-state index contributed by atoms with van der Waals surface area (Å²) in [5.41, 5.74) is 2.89. The van der Waals surface area contributed by atoms with E-state index in [0.29, 0.717) is 41.7 Å². The lowest BCUT2D eigenvalue weighted by molar-refractivity contribution is 0.0383. The molecule has 0 atom stereocenters. The van der Waals surface area contributed by atoms with Crippen LogP contribution in [0.5, 0.6) is 5.75 Å². The Balaban J connectivity index is 1.53. The molecular weight excluding hydrogens is 444 g/mol. The first kappa shape index (κ1) is 23.3. The lowest BCUT2D eigenvalue weighted by atomic mass is 10.1. The van der Waals surface area contributed by atoms with Crippen molar-refractivity contribution < 1.29 is 14.3 Å². The highest BCUT2D eigenvalue weighted by Gasteiger charge is 2.19. The number of pyridine rings is 1. The molecule has 0 unspecified atom stereocenters. The van der Waals surface area contributed by atoms with Gasteiger partial charge >= 0.3 is 0 Å². The van der Waals surface area contributed by atoms with Crippen molar-refractivity contribution in [1.82, 2.24) is 25.0 Å². The Morgan fingerprint density at radius 1 is 1.27 bits per heavy atom. The number of anilines is 1. The standard InChI is InChI=1S/C23H29ClN6O3/c1-3-30-22-17(15-28-30)21(26-13-16-4-5-20(32-2)19(24)12-16)18(14-27-22)23(31)25-6-7-29-8-10-33-11-9-29/h4-5,12,14-15H,3,6-11,13H2,1-2H3,(H,25,31)(H,26,27). The number of aromatic nitrogens is 3. The van der Waals surface area contributed by atoms with Crippen molar-refractivity contribution in [2.45, 2.75) is 20.0 Å². The number of morpholine rings is 1. The van der Waals surface area contributed by atoms with E-state index in [2.05, 4.69) is 25.6 Å². The van der Waals surface area contributed by atoms with E-state index in [0.717, 1.165) is 49.4 Å². The molecule has 0 radical (unpaired) electrons. The predicted molar refractivity (Wildman–Crippen MR) is 128 cm³/mol. The summed E-state index contributed by atoms with van der Waals surface area (Å²) in [6, 6.07) is 5.62. The predicted octanol–water partition coefficient (Wildman–Crippen LogP) is 2.79. The Morgan fingerprint density at radius 3 is 2.82 bits per heavy atom. The van der Waals surface area contributed by atoms with Gasteiger partial charge in [0.1, 0.15) is 5.75 Å². The number of fused-ring (bicyclic) bond motifs is 1. The first-order valence-corrected chi connectivity index (χ1v) is 11.5. The third-order valence-corrected chi connectivity index (χ3v) is 6.01. The fraction of sp³-hybridized carbons (Fsp3) is 0.435. The van der Waals surface area contributed by atoms with Crippen molar-refractivity contribution in [3.05, 3.63) is 46.7 Å². The van der Waals surface area contributed by atoms with Gasteiger partial charge in [0.05, 0.1) is 48.2 Å². The Kier molecular flexibility index (Phi) is 7.64. The van der Waals surface area contributed by atoms with Crippen LogP contribution in [-0.4, -0.2) is 72.1 Å². The number of rotatable bonds is 9. The second-order valence-electron chi connectivity index (χ2n) is 7.78. The van der Waals surface area contributed by atoms with E-state index in [4.69, 9.17) is 21.1 Å². The van der Waals surface area contributed by atoms with Crippen molar-refractivity contribution in [3.8, 4) is 5.75 Å². The lowest BCUT2D eigenvalue weighted by Crippen LogP contribution is -2.41. The molecule has 2 aromatic heterocycles. The monoisotopic (exact) mass is 472 g/mol. The molecule has 2 N–H and O–H groups in total. The number of amides is 1. The van der Waals surface area contributed by atoms with E-state index in [1.165, 1.54) is 0 Å². The lowest BCUT2D eigenvalue weighted by Gasteiger charge is -2.26. The maximum absolute atomic E-state index is 13.1. The number of aryl methyl sites for hydroxylation is 1. The minimum atomic E-state index is -0.169. The maximum atomic E-state index is 13.1. The molecule has 9 nitrogen and oxygen atoms in total. The fourth-order valence-corrected chi connectivity index (χ4v) is 4.16. The summed E-state index contributed by atoms with van der Waals surface area (Å²) in [5, 5.41) is 12.2. The topological polar surface area (TPSA) is 93.5 Å². The highest BCUT2D eigenvalue weighted by molar-refractivity contribution is 6.32. The number of carbonyl (C=O) groups is 1. The molecule has 0 aliphatic carbocycles. The highest BCUT2D eigenvalue weighted by atomic mass is 35.5. The zero-order chi connectivity index (χ0) is 23.2. The quantitative estimate of drug-likeness (QED) is 0.494. The molecule has 1 aliphatic rings. The smallest absolute Gasteiger partial charge is 0.255 e. The molecule has 10 heteroatoms. The van der Waals surface area contributed by atoms with Crippen LogP contribution < -0.4 is 15.4 Å². The third-order valence-electron chi connectivity index (χ3n) is 5.71. The zero-order valence-corrected chi connectivity index (χ0v) is 19.7. The summed E-state index contributed by atoms with van der Waals surface area (Å²) in [4.78, 5) is 19.9. The van der Waals surface area contributed by atoms with E-state index in [9.17, 15) is 4.79 Å². The summed E-state index contributed by atoms with van der Waals surface area (Å²) in [6.45, 7) is 7.76. The van der Waals surface area contributed by atoms with Gasteiger partial charge < -0.3 is 20.1 Å². The van der Waals surface area contributed by atoms with Crippen LogP contribution in [0.1, 0.15) is 22.8 Å². The van der Waals surface area contributed by atoms with Gasteiger partial charge in [-0.05, 0) is 24.6 Å². The number of carbonyl (C=O) groups excluding carboxylic acids is 1. The minimum Gasteiger partial charge on any atom is -0.495 e. The number of nitrogens with zero attached hydrogens (tertiary/aromatic N) is 4. The summed E-state index contributed by atoms with van der Waals surface area (Å²) in [6.07, 6.45) is 3.36. The Hall–Kier alpha value is -2.88. The van der Waals surface area contributed by atoms with Gasteiger partial charge in [0.2, 0.25) is 0 Å². The molecule has 3 aromatic rings. The van der Waals surface area contributed by atoms with Gasteiger partial charge in [-0.1, -0.05) is 17.7 Å². The van der Waals surface area contributed by atoms with Gasteiger partial charge in [-0.15, -0.1) is 0 Å². The van der Waals surface area contributed by atoms with Crippen LogP contribution in [-0.2, 0) is 17.8 Å². The van der Waals surface area contributed by atoms with Crippen LogP contribution in [0.2, 0.25) is 5.02 Å². The summed E-state index contributed by atoms with van der Waals surface area (Å²) in [7, 11) is 1.59. The first-order chi connectivity index (χ1) is 16.1. The molecular formula is C23H29ClN6O3. The Labute approximate surface area is 198 Å². The Bertz CT molecular complexity index is 1110. The highest BCUT2D eigenvalue weighted by Crippen LogP contribution is 2.28. The number of ether oxygens (including phenoxy) is 2. The summed E-state index contributed by atoms with van der Waals surface area (Å²) in [5.74, 6) is 0.452. The van der Waals surface area contributed by atoms with Crippen LogP contribution in [0.25, 0.3) is 11.0 Å². The number of benzene rings is 1. The van der Waals surface area contributed by atoms with E-state index >= 15 is 0 Å². The molecule has 1 aliphatic heterocycles. The number of hydrogen-bond acceptors (Lipinski definition) is 7. The normalized spacial score (nSPS) is 14.4. The number of hydrogen-bond donors (Lipinski definition) is 2. The van der Waals surface area contributed by atoms with Gasteiger partial charge in [0.25, 0.3) is 5.91 Å². The van der Waals surface area contributed by atoms with Gasteiger partial charge in [-0.3, -0.25) is 9.69 Å². The zero-order valence-electron chi connectivity index (χ0n) is 18.9. The first-order valence-electron chi connectivity index (χ1n) is 11.1. The van der Waals surface area contributed by atoms with Crippen molar-refractivity contribution >= 4 is 34.2 Å². The third kappa shape index (κ3) is 5.38. The SMILES string of the molecule is CCn1ncc2c(NCc3ccc(OC)c(Cl)c3)c(C(=O)NCCN3CCOCC3)cnc21. The molecule has 1 fully saturated rings. The fourth-order valence-electron chi connectivity index (χ4n) is 3.88. The van der Waals surface area contributed by atoms with Crippen molar-refractivity contribution in [2.24, 2.45) is 0 Å². The second-order valence-corrected chi connectivity index (χ2v) is 8.18. The molecule has 0 saturated carbocycles. The van der Waals surface area contributed by atoms with Gasteiger partial charge in [0, 0.05) is 45.5 Å². The molecule has 176 valence electrons. The largest absolute Gasteiger partial charge is 0.495 e. The van der Waals surface area contributed by atoms with Gasteiger partial charge in [-0.2, -0.15) is 5.10 Å². The molecule has 1 amide bonds. The average molecular weight is 473 g/mol. The van der Waals surface area contributed by atoms with E-state index in [-0.39, 0.29) is 5.91 Å². The molecule has 1 aromatic carbocycles. The maximum Gasteiger partial charge on any atom is 0.255 e. The summed E-state index contributed by atoms with van der Waals surface area (Å²) >= 11 is 6.28. The molecule has 1 saturated heterocycles. The van der Waals surface area contributed by atoms with Crippen LogP contribution in [0.15, 0.2) is 30.6 Å². The van der Waals surface area contributed by atoms with Crippen LogP contribution in [0, 0.1) is 0 Å².